The van der Waals surface area contributed by atoms with Gasteiger partial charge >= 0.3 is 6.18 Å². The second-order valence-corrected chi connectivity index (χ2v) is 8.11. The van der Waals surface area contributed by atoms with Crippen LogP contribution < -0.4 is 10.6 Å². The number of rotatable bonds is 7. The molecule has 0 unspecified atom stereocenters. The first kappa shape index (κ1) is 23.5. The minimum absolute atomic E-state index is 0.201. The predicted octanol–water partition coefficient (Wildman–Crippen LogP) is 4.53. The first-order chi connectivity index (χ1) is 16.2. The lowest BCUT2D eigenvalue weighted by atomic mass is 10.1. The number of halogens is 3. The summed E-state index contributed by atoms with van der Waals surface area (Å²) in [5.41, 5.74) is 3.33. The van der Waals surface area contributed by atoms with E-state index in [1.165, 1.54) is 10.7 Å². The van der Waals surface area contributed by atoms with E-state index in [1.807, 2.05) is 30.9 Å². The van der Waals surface area contributed by atoms with Crippen molar-refractivity contribution in [3.8, 4) is 0 Å². The smallest absolute Gasteiger partial charge is 0.330 e. The molecule has 0 atom stereocenters. The zero-order chi connectivity index (χ0) is 24.3. The SMILES string of the molecule is CCn1ncc(Cn2cc(NC(=S)Nc3cnn(Cc4cccc(C(F)(F)F)c4)c3)cn2)c1C. The number of anilines is 2. The van der Waals surface area contributed by atoms with E-state index in [2.05, 4.69) is 25.9 Å². The number of hydrogen-bond donors (Lipinski definition) is 2. The summed E-state index contributed by atoms with van der Waals surface area (Å²) in [6, 6.07) is 5.18. The summed E-state index contributed by atoms with van der Waals surface area (Å²) < 4.78 is 44.0. The maximum atomic E-state index is 12.9. The largest absolute Gasteiger partial charge is 0.416 e. The average molecular weight is 489 g/mol. The lowest BCUT2D eigenvalue weighted by molar-refractivity contribution is -0.137. The Labute approximate surface area is 199 Å². The van der Waals surface area contributed by atoms with Crippen LogP contribution in [0, 0.1) is 6.92 Å². The summed E-state index contributed by atoms with van der Waals surface area (Å²) in [7, 11) is 0. The minimum atomic E-state index is -4.38. The van der Waals surface area contributed by atoms with E-state index in [1.54, 1.807) is 29.3 Å². The highest BCUT2D eigenvalue weighted by molar-refractivity contribution is 7.80. The van der Waals surface area contributed by atoms with E-state index in [0.29, 0.717) is 22.9 Å². The first-order valence-electron chi connectivity index (χ1n) is 10.5. The fourth-order valence-corrected chi connectivity index (χ4v) is 3.73. The molecule has 0 amide bonds. The molecule has 4 aromatic rings. The van der Waals surface area contributed by atoms with Gasteiger partial charge in [0.15, 0.2) is 5.11 Å². The van der Waals surface area contributed by atoms with Crippen molar-refractivity contribution in [2.45, 2.75) is 39.7 Å². The molecule has 1 aromatic carbocycles. The molecule has 0 aliphatic heterocycles. The van der Waals surface area contributed by atoms with E-state index in [0.717, 1.165) is 35.6 Å². The molecule has 2 N–H and O–H groups in total. The van der Waals surface area contributed by atoms with Crippen LogP contribution in [0.1, 0.15) is 29.3 Å². The van der Waals surface area contributed by atoms with Gasteiger partial charge in [0.25, 0.3) is 0 Å². The van der Waals surface area contributed by atoms with Crippen molar-refractivity contribution in [1.82, 2.24) is 29.3 Å². The highest BCUT2D eigenvalue weighted by Crippen LogP contribution is 2.29. The maximum Gasteiger partial charge on any atom is 0.416 e. The van der Waals surface area contributed by atoms with E-state index >= 15 is 0 Å². The van der Waals surface area contributed by atoms with Crippen LogP contribution in [-0.2, 0) is 25.8 Å². The third kappa shape index (κ3) is 5.63. The van der Waals surface area contributed by atoms with Crippen LogP contribution in [0.2, 0.25) is 0 Å². The number of aryl methyl sites for hydroxylation is 1. The van der Waals surface area contributed by atoms with Crippen molar-refractivity contribution >= 4 is 28.7 Å². The van der Waals surface area contributed by atoms with Gasteiger partial charge in [-0.1, -0.05) is 12.1 Å². The molecule has 12 heteroatoms. The summed E-state index contributed by atoms with van der Waals surface area (Å²) in [6.45, 7) is 5.68. The number of benzene rings is 1. The van der Waals surface area contributed by atoms with Crippen molar-refractivity contribution in [3.05, 3.63) is 77.6 Å². The molecule has 0 spiro atoms. The van der Waals surface area contributed by atoms with Crippen LogP contribution in [0.25, 0.3) is 0 Å². The predicted molar refractivity (Wildman–Crippen MR) is 127 cm³/mol. The molecule has 0 aliphatic rings. The van der Waals surface area contributed by atoms with E-state index in [4.69, 9.17) is 12.2 Å². The topological polar surface area (TPSA) is 77.5 Å². The molecule has 4 rings (SSSR count). The van der Waals surface area contributed by atoms with Gasteiger partial charge in [-0.25, -0.2) is 0 Å². The van der Waals surface area contributed by atoms with Gasteiger partial charge in [-0.3, -0.25) is 14.0 Å². The molecule has 34 heavy (non-hydrogen) atoms. The zero-order valence-corrected chi connectivity index (χ0v) is 19.4. The molecule has 178 valence electrons. The van der Waals surface area contributed by atoms with Crippen molar-refractivity contribution in [3.63, 3.8) is 0 Å². The zero-order valence-electron chi connectivity index (χ0n) is 18.5. The molecule has 8 nitrogen and oxygen atoms in total. The van der Waals surface area contributed by atoms with E-state index in [-0.39, 0.29) is 6.54 Å². The third-order valence-electron chi connectivity index (χ3n) is 5.22. The molecule has 0 bridgehead atoms. The van der Waals surface area contributed by atoms with Gasteiger partial charge in [0.05, 0.1) is 48.6 Å². The molecule has 0 saturated heterocycles. The molecular formula is C22H23F3N8S. The Kier molecular flexibility index (Phi) is 6.68. The molecular weight excluding hydrogens is 465 g/mol. The lowest BCUT2D eigenvalue weighted by Gasteiger charge is -2.09. The van der Waals surface area contributed by atoms with Crippen LogP contribution >= 0.6 is 12.2 Å². The van der Waals surface area contributed by atoms with Crippen molar-refractivity contribution in [1.29, 1.82) is 0 Å². The average Bonchev–Trinajstić information content (AvgIpc) is 3.50. The Morgan fingerprint density at radius 2 is 1.62 bits per heavy atom. The second kappa shape index (κ2) is 9.67. The number of aromatic nitrogens is 6. The highest BCUT2D eigenvalue weighted by Gasteiger charge is 2.30. The maximum absolute atomic E-state index is 12.9. The monoisotopic (exact) mass is 488 g/mol. The number of thiocarbonyl (C=S) groups is 1. The van der Waals surface area contributed by atoms with Gasteiger partial charge < -0.3 is 10.6 Å². The van der Waals surface area contributed by atoms with Gasteiger partial charge in [0.2, 0.25) is 0 Å². The van der Waals surface area contributed by atoms with Gasteiger partial charge in [-0.05, 0) is 43.8 Å². The van der Waals surface area contributed by atoms with Gasteiger partial charge in [-0.15, -0.1) is 0 Å². The number of nitrogens with one attached hydrogen (secondary N) is 2. The third-order valence-corrected chi connectivity index (χ3v) is 5.42. The lowest BCUT2D eigenvalue weighted by Crippen LogP contribution is -2.18. The van der Waals surface area contributed by atoms with Crippen molar-refractivity contribution < 1.29 is 13.2 Å². The van der Waals surface area contributed by atoms with Crippen molar-refractivity contribution in [2.75, 3.05) is 10.6 Å². The second-order valence-electron chi connectivity index (χ2n) is 7.70. The highest BCUT2D eigenvalue weighted by atomic mass is 32.1. The summed E-state index contributed by atoms with van der Waals surface area (Å²) in [6.07, 6.45) is 4.20. The van der Waals surface area contributed by atoms with Gasteiger partial charge in [0.1, 0.15) is 0 Å². The number of hydrogen-bond acceptors (Lipinski definition) is 4. The molecule has 0 aliphatic carbocycles. The molecule has 0 radical (unpaired) electrons. The summed E-state index contributed by atoms with van der Waals surface area (Å²) in [4.78, 5) is 0. The minimum Gasteiger partial charge on any atom is -0.330 e. The van der Waals surface area contributed by atoms with E-state index in [9.17, 15) is 13.2 Å². The first-order valence-corrected chi connectivity index (χ1v) is 10.9. The van der Waals surface area contributed by atoms with Crippen LogP contribution in [-0.4, -0.2) is 34.5 Å². The summed E-state index contributed by atoms with van der Waals surface area (Å²) in [5.74, 6) is 0. The van der Waals surface area contributed by atoms with Crippen LogP contribution in [0.3, 0.4) is 0 Å². The number of alkyl halides is 3. The van der Waals surface area contributed by atoms with Gasteiger partial charge in [-0.2, -0.15) is 28.5 Å². The molecule has 3 heterocycles. The molecule has 0 fully saturated rings. The fraction of sp³-hybridized carbons (Fsp3) is 0.273. The van der Waals surface area contributed by atoms with Crippen LogP contribution in [0.5, 0.6) is 0 Å². The van der Waals surface area contributed by atoms with Crippen LogP contribution in [0.4, 0.5) is 24.5 Å². The van der Waals surface area contributed by atoms with Crippen LogP contribution in [0.15, 0.2) is 55.2 Å². The summed E-state index contributed by atoms with van der Waals surface area (Å²) in [5, 5.41) is 19.3. The quantitative estimate of drug-likeness (QED) is 0.372. The Balaban J connectivity index is 1.33. The fourth-order valence-electron chi connectivity index (χ4n) is 3.49. The van der Waals surface area contributed by atoms with Crippen molar-refractivity contribution in [2.24, 2.45) is 0 Å². The molecule has 0 saturated carbocycles. The summed E-state index contributed by atoms with van der Waals surface area (Å²) >= 11 is 5.36. The van der Waals surface area contributed by atoms with E-state index < -0.39 is 11.7 Å². The Morgan fingerprint density at radius 3 is 2.21 bits per heavy atom. The Bertz CT molecular complexity index is 1290. The molecule has 3 aromatic heterocycles. The normalized spacial score (nSPS) is 11.6. The Morgan fingerprint density at radius 1 is 0.971 bits per heavy atom. The number of nitrogens with zero attached hydrogens (tertiary/aromatic N) is 6. The standard InChI is InChI=1S/C22H23F3N8S/c1-3-33-15(2)17(8-28-33)12-32-14-20(10-27-32)30-21(34)29-19-9-26-31(13-19)11-16-5-4-6-18(7-16)22(23,24)25/h4-10,13-14H,3,11-12H2,1-2H3,(H2,29,30,34). The van der Waals surface area contributed by atoms with Gasteiger partial charge in [0, 0.05) is 30.2 Å². The Hall–Kier alpha value is -3.67.